The molecule has 4 heteroatoms. The lowest BCUT2D eigenvalue weighted by molar-refractivity contribution is 0.669. The lowest BCUT2D eigenvalue weighted by Gasteiger charge is -2.12. The summed E-state index contributed by atoms with van der Waals surface area (Å²) in [6.07, 6.45) is 0. The van der Waals surface area contributed by atoms with Crippen molar-refractivity contribution < 1.29 is 4.42 Å². The fourth-order valence-corrected chi connectivity index (χ4v) is 6.41. The van der Waals surface area contributed by atoms with Crippen LogP contribution < -0.4 is 0 Å². The summed E-state index contributed by atoms with van der Waals surface area (Å²) in [7, 11) is 0. The fourth-order valence-electron chi connectivity index (χ4n) is 6.41. The summed E-state index contributed by atoms with van der Waals surface area (Å²) in [6.45, 7) is 0. The standard InChI is InChI=1S/C40H25N3O/c1-2-11-27(12-3-1)33-25-34(42-40(41-33)43-35-17-7-4-13-30(35)31-14-5-8-18-36(31)43)28-23-21-26(22-24-28)29-16-10-20-38-39(29)32-15-6-9-19-37(32)44-38/h1-25H. The van der Waals surface area contributed by atoms with Crippen molar-refractivity contribution >= 4 is 43.7 Å². The highest BCUT2D eigenvalue weighted by Gasteiger charge is 2.17. The quantitative estimate of drug-likeness (QED) is 0.214. The van der Waals surface area contributed by atoms with E-state index in [0.717, 1.165) is 66.6 Å². The molecule has 9 aromatic rings. The van der Waals surface area contributed by atoms with E-state index in [-0.39, 0.29) is 0 Å². The third kappa shape index (κ3) is 3.85. The van der Waals surface area contributed by atoms with Crippen molar-refractivity contribution in [1.29, 1.82) is 0 Å². The fraction of sp³-hybridized carbons (Fsp3) is 0. The number of benzene rings is 6. The van der Waals surface area contributed by atoms with Gasteiger partial charge in [-0.05, 0) is 41.5 Å². The molecule has 0 aliphatic rings. The summed E-state index contributed by atoms with van der Waals surface area (Å²) in [6, 6.07) is 52.5. The number of nitrogens with zero attached hydrogens (tertiary/aromatic N) is 3. The van der Waals surface area contributed by atoms with Crippen LogP contribution in [0.3, 0.4) is 0 Å². The number of furan rings is 1. The second-order valence-electron chi connectivity index (χ2n) is 11.0. The van der Waals surface area contributed by atoms with Crippen molar-refractivity contribution in [2.24, 2.45) is 0 Å². The van der Waals surface area contributed by atoms with Gasteiger partial charge in [0, 0.05) is 32.7 Å². The van der Waals surface area contributed by atoms with Crippen LogP contribution in [-0.2, 0) is 0 Å². The highest BCUT2D eigenvalue weighted by Crippen LogP contribution is 2.38. The molecule has 0 aliphatic heterocycles. The van der Waals surface area contributed by atoms with Gasteiger partial charge in [-0.2, -0.15) is 0 Å². The lowest BCUT2D eigenvalue weighted by Crippen LogP contribution is -2.03. The third-order valence-corrected chi connectivity index (χ3v) is 8.46. The van der Waals surface area contributed by atoms with Gasteiger partial charge in [-0.1, -0.05) is 121 Å². The summed E-state index contributed by atoms with van der Waals surface area (Å²) in [5.74, 6) is 0.650. The van der Waals surface area contributed by atoms with Gasteiger partial charge in [0.25, 0.3) is 0 Å². The van der Waals surface area contributed by atoms with Crippen molar-refractivity contribution in [1.82, 2.24) is 14.5 Å². The van der Waals surface area contributed by atoms with Gasteiger partial charge in [0.15, 0.2) is 0 Å². The Hall–Kier alpha value is -6.00. The highest BCUT2D eigenvalue weighted by atomic mass is 16.3. The first-order valence-electron chi connectivity index (χ1n) is 14.8. The van der Waals surface area contributed by atoms with Crippen molar-refractivity contribution in [2.45, 2.75) is 0 Å². The second kappa shape index (κ2) is 9.79. The molecule has 0 fully saturated rings. The van der Waals surface area contributed by atoms with E-state index in [9.17, 15) is 0 Å². The summed E-state index contributed by atoms with van der Waals surface area (Å²) in [5.41, 5.74) is 10.1. The predicted octanol–water partition coefficient (Wildman–Crippen LogP) is 10.5. The van der Waals surface area contributed by atoms with Gasteiger partial charge in [0.1, 0.15) is 11.2 Å². The van der Waals surface area contributed by atoms with Crippen LogP contribution in [0.5, 0.6) is 0 Å². The van der Waals surface area contributed by atoms with Crippen LogP contribution in [0.15, 0.2) is 156 Å². The van der Waals surface area contributed by atoms with Gasteiger partial charge in [0.2, 0.25) is 5.95 Å². The van der Waals surface area contributed by atoms with Crippen LogP contribution in [-0.4, -0.2) is 14.5 Å². The van der Waals surface area contributed by atoms with Gasteiger partial charge in [0.05, 0.1) is 22.4 Å². The first-order valence-corrected chi connectivity index (χ1v) is 14.8. The minimum Gasteiger partial charge on any atom is -0.456 e. The summed E-state index contributed by atoms with van der Waals surface area (Å²) in [4.78, 5) is 10.3. The zero-order chi connectivity index (χ0) is 29.0. The van der Waals surface area contributed by atoms with Crippen LogP contribution >= 0.6 is 0 Å². The monoisotopic (exact) mass is 563 g/mol. The van der Waals surface area contributed by atoms with E-state index in [1.807, 2.05) is 36.4 Å². The number of aromatic nitrogens is 3. The van der Waals surface area contributed by atoms with Gasteiger partial charge in [-0.3, -0.25) is 4.57 Å². The zero-order valence-corrected chi connectivity index (χ0v) is 23.7. The van der Waals surface area contributed by atoms with Crippen molar-refractivity contribution in [3.63, 3.8) is 0 Å². The molecule has 4 nitrogen and oxygen atoms in total. The average molecular weight is 564 g/mol. The molecule has 206 valence electrons. The molecule has 0 amide bonds. The molecule has 0 radical (unpaired) electrons. The maximum atomic E-state index is 6.15. The molecule has 3 heterocycles. The Kier molecular flexibility index (Phi) is 5.47. The number of para-hydroxylation sites is 3. The molecule has 0 N–H and O–H groups in total. The van der Waals surface area contributed by atoms with E-state index in [4.69, 9.17) is 14.4 Å². The van der Waals surface area contributed by atoms with E-state index in [1.165, 1.54) is 10.8 Å². The number of rotatable bonds is 4. The summed E-state index contributed by atoms with van der Waals surface area (Å²) in [5, 5.41) is 4.63. The highest BCUT2D eigenvalue weighted by molar-refractivity contribution is 6.12. The van der Waals surface area contributed by atoms with Crippen molar-refractivity contribution in [3.8, 4) is 39.6 Å². The molecule has 3 aromatic heterocycles. The smallest absolute Gasteiger partial charge is 0.235 e. The van der Waals surface area contributed by atoms with Crippen molar-refractivity contribution in [3.05, 3.63) is 152 Å². The Morgan fingerprint density at radius 2 is 0.977 bits per heavy atom. The molecular formula is C40H25N3O. The molecule has 0 unspecified atom stereocenters. The van der Waals surface area contributed by atoms with Crippen LogP contribution in [0.1, 0.15) is 0 Å². The van der Waals surface area contributed by atoms with E-state index in [1.54, 1.807) is 0 Å². The van der Waals surface area contributed by atoms with Gasteiger partial charge < -0.3 is 4.42 Å². The van der Waals surface area contributed by atoms with Crippen LogP contribution in [0.4, 0.5) is 0 Å². The summed E-state index contributed by atoms with van der Waals surface area (Å²) < 4.78 is 8.33. The molecule has 0 atom stereocenters. The number of hydrogen-bond donors (Lipinski definition) is 0. The Morgan fingerprint density at radius 3 is 1.68 bits per heavy atom. The summed E-state index contributed by atoms with van der Waals surface area (Å²) >= 11 is 0. The molecule has 0 bridgehead atoms. The zero-order valence-electron chi connectivity index (χ0n) is 23.7. The molecule has 0 spiro atoms. The molecular weight excluding hydrogens is 538 g/mol. The predicted molar refractivity (Wildman–Crippen MR) is 180 cm³/mol. The molecule has 9 rings (SSSR count). The topological polar surface area (TPSA) is 43.9 Å². The Bertz CT molecular complexity index is 2430. The Balaban J connectivity index is 1.23. The third-order valence-electron chi connectivity index (χ3n) is 8.46. The molecule has 6 aromatic carbocycles. The Morgan fingerprint density at radius 1 is 0.432 bits per heavy atom. The van der Waals surface area contributed by atoms with Crippen LogP contribution in [0.25, 0.3) is 83.3 Å². The maximum absolute atomic E-state index is 6.15. The first-order chi connectivity index (χ1) is 21.8. The van der Waals surface area contributed by atoms with Crippen molar-refractivity contribution in [2.75, 3.05) is 0 Å². The SMILES string of the molecule is c1ccc(-c2cc(-c3ccc(-c4cccc5oc6ccccc6c45)cc3)nc(-n3c4ccccc4c4ccccc43)n2)cc1. The van der Waals surface area contributed by atoms with Gasteiger partial charge in [-0.25, -0.2) is 9.97 Å². The van der Waals surface area contributed by atoms with E-state index in [0.29, 0.717) is 5.95 Å². The maximum Gasteiger partial charge on any atom is 0.235 e. The largest absolute Gasteiger partial charge is 0.456 e. The van der Waals surface area contributed by atoms with Crippen LogP contribution in [0.2, 0.25) is 0 Å². The minimum absolute atomic E-state index is 0.650. The first kappa shape index (κ1) is 24.6. The molecule has 0 aliphatic carbocycles. The lowest BCUT2D eigenvalue weighted by atomic mass is 9.98. The minimum atomic E-state index is 0.650. The molecule has 0 saturated heterocycles. The van der Waals surface area contributed by atoms with E-state index in [2.05, 4.69) is 120 Å². The normalized spacial score (nSPS) is 11.6. The van der Waals surface area contributed by atoms with Gasteiger partial charge in [-0.15, -0.1) is 0 Å². The molecule has 0 saturated carbocycles. The Labute approximate surface area is 253 Å². The number of hydrogen-bond acceptors (Lipinski definition) is 3. The van der Waals surface area contributed by atoms with E-state index < -0.39 is 0 Å². The average Bonchev–Trinajstić information content (AvgIpc) is 3.65. The van der Waals surface area contributed by atoms with E-state index >= 15 is 0 Å². The molecule has 44 heavy (non-hydrogen) atoms. The van der Waals surface area contributed by atoms with Crippen LogP contribution in [0, 0.1) is 0 Å². The van der Waals surface area contributed by atoms with Gasteiger partial charge >= 0.3 is 0 Å². The second-order valence-corrected chi connectivity index (χ2v) is 11.0. The number of fused-ring (bicyclic) bond motifs is 6.